The molecular formula is C29H37F3N2O. The smallest absolute Gasteiger partial charge is 0.391 e. The second kappa shape index (κ2) is 11.2. The molecule has 1 aliphatic carbocycles. The topological polar surface area (TPSA) is 24.8 Å². The van der Waals surface area contributed by atoms with Crippen LogP contribution in [0.5, 0.6) is 0 Å². The van der Waals surface area contributed by atoms with Crippen molar-refractivity contribution in [3.8, 4) is 0 Å². The summed E-state index contributed by atoms with van der Waals surface area (Å²) >= 11 is 0. The molecule has 0 N–H and O–H groups in total. The Morgan fingerprint density at radius 2 is 1.97 bits per heavy atom. The van der Waals surface area contributed by atoms with Gasteiger partial charge in [0.15, 0.2) is 0 Å². The predicted molar refractivity (Wildman–Crippen MR) is 135 cm³/mol. The largest absolute Gasteiger partial charge is 0.416 e. The normalized spacial score (nSPS) is 47.1. The summed E-state index contributed by atoms with van der Waals surface area (Å²) in [6.45, 7) is -17.0. The summed E-state index contributed by atoms with van der Waals surface area (Å²) in [5.41, 5.74) is -7.99. The highest BCUT2D eigenvalue weighted by atomic mass is 19.4. The summed E-state index contributed by atoms with van der Waals surface area (Å²) in [7, 11) is 0. The molecule has 0 unspecified atom stereocenters. The van der Waals surface area contributed by atoms with Crippen LogP contribution < -0.4 is 0 Å². The van der Waals surface area contributed by atoms with Crippen LogP contribution >= 0.6 is 0 Å². The molecule has 190 valence electrons. The molecule has 1 saturated heterocycles. The van der Waals surface area contributed by atoms with E-state index >= 15 is 0 Å². The molecule has 1 aliphatic heterocycles. The minimum Gasteiger partial charge on any atom is -0.391 e. The lowest BCUT2D eigenvalue weighted by molar-refractivity contribution is -0.138. The predicted octanol–water partition coefficient (Wildman–Crippen LogP) is 7.71. The van der Waals surface area contributed by atoms with Gasteiger partial charge in [-0.05, 0) is 97.1 Å². The summed E-state index contributed by atoms with van der Waals surface area (Å²) < 4.78 is 250. The minimum atomic E-state index is -5.57. The third-order valence-corrected chi connectivity index (χ3v) is 4.84. The first-order chi connectivity index (χ1) is 26.3. The Morgan fingerprint density at radius 1 is 1.17 bits per heavy atom. The molecule has 0 spiro atoms. The SMILES string of the molecule is [2H]C1C([2H])([2H])N(C([2H])([2H])c2ccc(/C(=N/OCc3ccc(C4([2H])C([2H])([2H])C([2H])([2H])C([2H])(C)C([2H])([2H])C4([2H])[2H])c(C(F)(F)F)c3)C([2H])([2H])[2H])cc2C([2H])([2H])C([2H])([2H])[2H])C1([2H])[2H]. The maximum absolute atomic E-state index is 14.7. The van der Waals surface area contributed by atoms with Gasteiger partial charge in [0, 0.05) is 40.8 Å². The van der Waals surface area contributed by atoms with E-state index in [1.54, 1.807) is 0 Å². The molecule has 35 heavy (non-hydrogen) atoms. The fourth-order valence-electron chi connectivity index (χ4n) is 3.07. The second-order valence-electron chi connectivity index (χ2n) is 7.33. The molecule has 1 heterocycles. The molecular weight excluding hydrogens is 449 g/mol. The van der Waals surface area contributed by atoms with Gasteiger partial charge >= 0.3 is 6.18 Å². The summed E-state index contributed by atoms with van der Waals surface area (Å²) in [6.07, 6.45) is -26.9. The van der Waals surface area contributed by atoms with Gasteiger partial charge in [0.25, 0.3) is 0 Å². The van der Waals surface area contributed by atoms with Gasteiger partial charge < -0.3 is 4.84 Å². The van der Waals surface area contributed by atoms with Gasteiger partial charge in [-0.1, -0.05) is 55.9 Å². The number of likely N-dealkylation sites (tertiary alicyclic amines) is 1. The number of hydrogen-bond donors (Lipinski definition) is 0. The number of oxime groups is 1. The molecule has 1 saturated carbocycles. The third kappa shape index (κ3) is 6.46. The Kier molecular flexibility index (Phi) is 2.83. The average Bonchev–Trinajstić information content (AvgIpc) is 3.06. The first-order valence-corrected chi connectivity index (χ1v) is 10.1. The monoisotopic (exact) mass is 511 g/mol. The molecule has 2 aromatic rings. The quantitative estimate of drug-likeness (QED) is 0.268. The van der Waals surface area contributed by atoms with Crippen LogP contribution in [0.25, 0.3) is 0 Å². The van der Waals surface area contributed by atoms with Crippen molar-refractivity contribution >= 4 is 5.71 Å². The number of nitrogens with zero attached hydrogens (tertiary/aromatic N) is 2. The van der Waals surface area contributed by atoms with Gasteiger partial charge in [-0.3, -0.25) is 4.90 Å². The average molecular weight is 512 g/mol. The zero-order valence-corrected chi connectivity index (χ0v) is 18.2. The molecule has 3 nitrogen and oxygen atoms in total. The number of hydrogen-bond acceptors (Lipinski definition) is 3. The molecule has 2 aliphatic rings. The van der Waals surface area contributed by atoms with Crippen molar-refractivity contribution in [3.63, 3.8) is 0 Å². The summed E-state index contributed by atoms with van der Waals surface area (Å²) in [6, 6.07) is 3.22. The molecule has 0 atom stereocenters. The highest BCUT2D eigenvalue weighted by Gasteiger charge is 2.36. The Hall–Kier alpha value is -2.34. The number of benzene rings is 2. The fraction of sp³-hybridized carbons (Fsp3) is 0.552. The van der Waals surface area contributed by atoms with E-state index in [-0.39, 0.29) is 11.0 Å². The van der Waals surface area contributed by atoms with Crippen LogP contribution in [0.15, 0.2) is 41.6 Å². The van der Waals surface area contributed by atoms with Crippen LogP contribution in [0.1, 0.15) is 126 Å². The van der Waals surface area contributed by atoms with E-state index in [0.717, 1.165) is 6.07 Å². The highest BCUT2D eigenvalue weighted by Crippen LogP contribution is 2.42. The van der Waals surface area contributed by atoms with Crippen molar-refractivity contribution in [2.45, 2.75) is 84.1 Å². The molecule has 4 rings (SSSR count). The summed E-state index contributed by atoms with van der Waals surface area (Å²) in [5.74, 6) is -7.30. The zero-order valence-electron chi connectivity index (χ0n) is 43.2. The lowest BCUT2D eigenvalue weighted by atomic mass is 9.78. The van der Waals surface area contributed by atoms with Crippen molar-refractivity contribution in [1.82, 2.24) is 4.90 Å². The molecule has 2 aromatic carbocycles. The van der Waals surface area contributed by atoms with Crippen LogP contribution in [0.3, 0.4) is 0 Å². The van der Waals surface area contributed by atoms with Crippen molar-refractivity contribution in [1.29, 1.82) is 0 Å². The molecule has 0 amide bonds. The van der Waals surface area contributed by atoms with Crippen LogP contribution in [-0.4, -0.2) is 23.6 Å². The van der Waals surface area contributed by atoms with Crippen molar-refractivity contribution in [3.05, 3.63) is 69.8 Å². The van der Waals surface area contributed by atoms with E-state index in [0.29, 0.717) is 31.2 Å². The van der Waals surface area contributed by atoms with Crippen molar-refractivity contribution in [2.24, 2.45) is 11.0 Å². The van der Waals surface area contributed by atoms with Gasteiger partial charge in [-0.2, -0.15) is 13.2 Å². The molecule has 2 fully saturated rings. The van der Waals surface area contributed by atoms with E-state index < -0.39 is 135 Å². The van der Waals surface area contributed by atoms with Crippen LogP contribution in [-0.2, 0) is 30.5 Å². The van der Waals surface area contributed by atoms with E-state index in [1.165, 1.54) is 0 Å². The second-order valence-corrected chi connectivity index (χ2v) is 7.33. The van der Waals surface area contributed by atoms with Gasteiger partial charge in [-0.25, -0.2) is 0 Å². The first-order valence-electron chi connectivity index (χ1n) is 22.7. The Morgan fingerprint density at radius 3 is 2.69 bits per heavy atom. The number of halogens is 3. The zero-order chi connectivity index (χ0) is 47.1. The molecule has 6 heteroatoms. The number of alkyl halides is 3. The van der Waals surface area contributed by atoms with E-state index in [4.69, 9.17) is 39.1 Å². The number of rotatable bonds is 8. The van der Waals surface area contributed by atoms with Gasteiger partial charge in [0.2, 0.25) is 0 Å². The van der Waals surface area contributed by atoms with Crippen LogP contribution in [0.4, 0.5) is 13.2 Å². The van der Waals surface area contributed by atoms with Gasteiger partial charge in [0.1, 0.15) is 6.61 Å². The van der Waals surface area contributed by atoms with E-state index in [2.05, 4.69) is 5.16 Å². The van der Waals surface area contributed by atoms with E-state index in [1.807, 2.05) is 0 Å². The maximum atomic E-state index is 14.7. The Bertz CT molecular complexity index is 1990. The van der Waals surface area contributed by atoms with E-state index in [9.17, 15) is 13.2 Å². The van der Waals surface area contributed by atoms with Crippen LogP contribution in [0.2, 0.25) is 0 Å². The Labute approximate surface area is 242 Å². The van der Waals surface area contributed by atoms with Crippen LogP contribution in [0, 0.1) is 5.89 Å². The summed E-state index contributed by atoms with van der Waals surface area (Å²) in [5, 5.41) is 3.46. The first kappa shape index (κ1) is 8.90. The lowest BCUT2D eigenvalue weighted by Gasteiger charge is -2.31. The third-order valence-electron chi connectivity index (χ3n) is 4.84. The van der Waals surface area contributed by atoms with Gasteiger partial charge in [0.05, 0.1) is 11.3 Å². The molecule has 0 radical (unpaired) electrons. The fourth-order valence-corrected chi connectivity index (χ4v) is 3.07. The highest BCUT2D eigenvalue weighted by molar-refractivity contribution is 5.98. The Balaban J connectivity index is 1.86. The standard InChI is InChI=1S/C29H37F3N2O/c1-4-23-17-25(11-12-26(23)18-34-14-5-15-34)21(3)33-35-19-22-8-13-27(28(16-22)29(30,31)32)24-9-6-20(2)7-10-24/h8,11-13,16-17,20,24H,4-7,9-10,14-15,18-19H2,1-3H3/b33-21+/i1D3,3D3,4D2,5D,6D2,7D2,9D2,10D2,14D2,15D2,18D2,20D,24D. The number of aryl methyl sites for hydroxylation is 1. The minimum absolute atomic E-state index is 0.0567. The maximum Gasteiger partial charge on any atom is 0.416 e. The molecule has 0 aromatic heterocycles. The molecule has 0 bridgehead atoms. The summed E-state index contributed by atoms with van der Waals surface area (Å²) in [4.78, 5) is 4.99. The van der Waals surface area contributed by atoms with Crippen molar-refractivity contribution in [2.75, 3.05) is 13.0 Å². The lowest BCUT2D eigenvalue weighted by Crippen LogP contribution is -2.36. The van der Waals surface area contributed by atoms with Crippen molar-refractivity contribution < 1.29 is 52.3 Å². The van der Waals surface area contributed by atoms with Gasteiger partial charge in [-0.15, -0.1) is 0 Å².